The highest BCUT2D eigenvalue weighted by Gasteiger charge is 2.22. The molecule has 0 spiro atoms. The summed E-state index contributed by atoms with van der Waals surface area (Å²) in [6.07, 6.45) is 0. The first kappa shape index (κ1) is 12.4. The molecule has 0 fully saturated rings. The van der Waals surface area contributed by atoms with Gasteiger partial charge in [-0.3, -0.25) is 10.1 Å². The summed E-state index contributed by atoms with van der Waals surface area (Å²) in [4.78, 5) is 11.0. The molecule has 0 saturated heterocycles. The Morgan fingerprint density at radius 2 is 1.80 bits per heavy atom. The zero-order chi connectivity index (χ0) is 14.1. The number of nitrogens with one attached hydrogen (secondary N) is 1. The van der Waals surface area contributed by atoms with Gasteiger partial charge in [-0.1, -0.05) is 24.3 Å². The first-order valence-corrected chi connectivity index (χ1v) is 6.76. The van der Waals surface area contributed by atoms with Gasteiger partial charge in [-0.05, 0) is 24.3 Å². The van der Waals surface area contributed by atoms with Crippen molar-refractivity contribution in [1.29, 1.82) is 0 Å². The van der Waals surface area contributed by atoms with Gasteiger partial charge in [-0.15, -0.1) is 11.3 Å². The monoisotopic (exact) mass is 285 g/mol. The van der Waals surface area contributed by atoms with Gasteiger partial charge in [0.2, 0.25) is 0 Å². The smallest absolute Gasteiger partial charge is 0.311 e. The summed E-state index contributed by atoms with van der Waals surface area (Å²) in [5.74, 6) is 0. The molecule has 0 aliphatic rings. The molecular weight excluding hydrogens is 274 g/mol. The van der Waals surface area contributed by atoms with Gasteiger partial charge in [0.15, 0.2) is 5.00 Å². The maximum atomic E-state index is 11.3. The molecule has 6 heteroatoms. The highest BCUT2D eigenvalue weighted by Crippen LogP contribution is 2.43. The molecule has 1 heterocycles. The molecule has 3 rings (SSSR count). The molecule has 0 bridgehead atoms. The van der Waals surface area contributed by atoms with Crippen molar-refractivity contribution in [2.24, 2.45) is 0 Å². The van der Waals surface area contributed by atoms with Crippen molar-refractivity contribution in [3.05, 3.63) is 58.6 Å². The van der Waals surface area contributed by atoms with Gasteiger partial charge >= 0.3 is 5.69 Å². The van der Waals surface area contributed by atoms with E-state index >= 15 is 0 Å². The van der Waals surface area contributed by atoms with E-state index < -0.39 is 0 Å². The standard InChI is InChI=1S/C14H11N3O2S/c15-10-6-2-3-7-11(10)16-14-13(17(18)19)9-5-1-4-8-12(9)20-14/h1-8,16H,15H2. The molecule has 1 aromatic heterocycles. The molecule has 0 saturated carbocycles. The third-order valence-corrected chi connectivity index (χ3v) is 4.04. The number of hydrogen-bond acceptors (Lipinski definition) is 5. The number of fused-ring (bicyclic) bond motifs is 1. The number of nitrogens with zero attached hydrogens (tertiary/aromatic N) is 1. The van der Waals surface area contributed by atoms with Crippen molar-refractivity contribution >= 4 is 43.5 Å². The van der Waals surface area contributed by atoms with Gasteiger partial charge < -0.3 is 11.1 Å². The largest absolute Gasteiger partial charge is 0.397 e. The van der Waals surface area contributed by atoms with Gasteiger partial charge in [0.05, 0.1) is 21.7 Å². The van der Waals surface area contributed by atoms with Crippen molar-refractivity contribution in [2.75, 3.05) is 11.1 Å². The predicted octanol–water partition coefficient (Wildman–Crippen LogP) is 4.14. The van der Waals surface area contributed by atoms with Crippen LogP contribution >= 0.6 is 11.3 Å². The summed E-state index contributed by atoms with van der Waals surface area (Å²) < 4.78 is 0.871. The average Bonchev–Trinajstić information content (AvgIpc) is 2.79. The van der Waals surface area contributed by atoms with Crippen LogP contribution in [0.4, 0.5) is 22.1 Å². The number of thiophene rings is 1. The number of nitrogens with two attached hydrogens (primary N) is 1. The van der Waals surface area contributed by atoms with E-state index in [0.29, 0.717) is 21.8 Å². The Hall–Kier alpha value is -2.60. The summed E-state index contributed by atoms with van der Waals surface area (Å²) in [6, 6.07) is 14.5. The Labute approximate surface area is 118 Å². The molecule has 20 heavy (non-hydrogen) atoms. The van der Waals surface area contributed by atoms with Crippen LogP contribution in [-0.4, -0.2) is 4.92 Å². The first-order chi connectivity index (χ1) is 9.66. The van der Waals surface area contributed by atoms with E-state index in [0.717, 1.165) is 4.70 Å². The van der Waals surface area contributed by atoms with Crippen LogP contribution in [0.25, 0.3) is 10.1 Å². The maximum Gasteiger partial charge on any atom is 0.311 e. The highest BCUT2D eigenvalue weighted by molar-refractivity contribution is 7.23. The van der Waals surface area contributed by atoms with E-state index in [1.807, 2.05) is 24.3 Å². The normalized spacial score (nSPS) is 10.6. The number of rotatable bonds is 3. The van der Waals surface area contributed by atoms with Crippen LogP contribution in [-0.2, 0) is 0 Å². The number of nitro groups is 1. The van der Waals surface area contributed by atoms with E-state index in [1.54, 1.807) is 24.3 Å². The number of benzene rings is 2. The third-order valence-electron chi connectivity index (χ3n) is 2.96. The van der Waals surface area contributed by atoms with Crippen molar-refractivity contribution in [3.63, 3.8) is 0 Å². The van der Waals surface area contributed by atoms with Crippen molar-refractivity contribution in [2.45, 2.75) is 0 Å². The first-order valence-electron chi connectivity index (χ1n) is 5.94. The molecule has 3 aromatic rings. The second kappa shape index (κ2) is 4.82. The van der Waals surface area contributed by atoms with E-state index in [1.165, 1.54) is 11.3 Å². The van der Waals surface area contributed by atoms with Crippen molar-refractivity contribution in [3.8, 4) is 0 Å². The molecule has 0 unspecified atom stereocenters. The molecule has 0 aliphatic heterocycles. The molecule has 3 N–H and O–H groups in total. The Balaban J connectivity index is 2.14. The average molecular weight is 285 g/mol. The quantitative estimate of drug-likeness (QED) is 0.430. The second-order valence-corrected chi connectivity index (χ2v) is 5.30. The van der Waals surface area contributed by atoms with Gasteiger partial charge in [0.25, 0.3) is 0 Å². The minimum absolute atomic E-state index is 0.0915. The Morgan fingerprint density at radius 3 is 2.55 bits per heavy atom. The zero-order valence-corrected chi connectivity index (χ0v) is 11.2. The van der Waals surface area contributed by atoms with E-state index in [-0.39, 0.29) is 10.6 Å². The molecule has 5 nitrogen and oxygen atoms in total. The lowest BCUT2D eigenvalue weighted by atomic mass is 10.2. The molecular formula is C14H11N3O2S. The summed E-state index contributed by atoms with van der Waals surface area (Å²) >= 11 is 1.35. The SMILES string of the molecule is Nc1ccccc1Nc1sc2ccccc2c1[N+](=O)[O-]. The number of nitrogen functional groups attached to an aromatic ring is 1. The Kier molecular flexibility index (Phi) is 3.00. The van der Waals surface area contributed by atoms with Gasteiger partial charge in [-0.2, -0.15) is 0 Å². The lowest BCUT2D eigenvalue weighted by Crippen LogP contribution is -1.97. The van der Waals surface area contributed by atoms with Crippen LogP contribution < -0.4 is 11.1 Å². The predicted molar refractivity (Wildman–Crippen MR) is 82.6 cm³/mol. The van der Waals surface area contributed by atoms with Crippen molar-refractivity contribution < 1.29 is 4.92 Å². The van der Waals surface area contributed by atoms with Crippen LogP contribution in [0.3, 0.4) is 0 Å². The fourth-order valence-electron chi connectivity index (χ4n) is 2.03. The maximum absolute atomic E-state index is 11.3. The highest BCUT2D eigenvalue weighted by atomic mass is 32.1. The Bertz CT molecular complexity index is 798. The minimum Gasteiger partial charge on any atom is -0.397 e. The van der Waals surface area contributed by atoms with Crippen LogP contribution in [0, 0.1) is 10.1 Å². The third kappa shape index (κ3) is 2.06. The van der Waals surface area contributed by atoms with Crippen LogP contribution in [0.1, 0.15) is 0 Å². The minimum atomic E-state index is -0.361. The zero-order valence-electron chi connectivity index (χ0n) is 10.4. The summed E-state index contributed by atoms with van der Waals surface area (Å²) in [7, 11) is 0. The lowest BCUT2D eigenvalue weighted by molar-refractivity contribution is -0.381. The van der Waals surface area contributed by atoms with E-state index in [9.17, 15) is 10.1 Å². The number of anilines is 3. The van der Waals surface area contributed by atoms with E-state index in [4.69, 9.17) is 5.73 Å². The molecule has 0 amide bonds. The molecule has 2 aromatic carbocycles. The fourth-order valence-corrected chi connectivity index (χ4v) is 3.11. The fraction of sp³-hybridized carbons (Fsp3) is 0. The summed E-state index contributed by atoms with van der Waals surface area (Å²) in [5.41, 5.74) is 7.18. The van der Waals surface area contributed by atoms with Gasteiger partial charge in [0.1, 0.15) is 0 Å². The van der Waals surface area contributed by atoms with Gasteiger partial charge in [0, 0.05) is 4.70 Å². The van der Waals surface area contributed by atoms with Crippen LogP contribution in [0.5, 0.6) is 0 Å². The number of hydrogen-bond donors (Lipinski definition) is 2. The van der Waals surface area contributed by atoms with Crippen LogP contribution in [0.2, 0.25) is 0 Å². The topological polar surface area (TPSA) is 81.2 Å². The molecule has 0 aliphatic carbocycles. The Morgan fingerprint density at radius 1 is 1.10 bits per heavy atom. The molecule has 0 radical (unpaired) electrons. The summed E-state index contributed by atoms with van der Waals surface area (Å²) in [6.45, 7) is 0. The van der Waals surface area contributed by atoms with E-state index in [2.05, 4.69) is 5.32 Å². The van der Waals surface area contributed by atoms with Crippen LogP contribution in [0.15, 0.2) is 48.5 Å². The number of para-hydroxylation sites is 2. The van der Waals surface area contributed by atoms with Gasteiger partial charge in [-0.25, -0.2) is 0 Å². The molecule has 100 valence electrons. The van der Waals surface area contributed by atoms with Crippen molar-refractivity contribution in [1.82, 2.24) is 0 Å². The molecule has 0 atom stereocenters. The second-order valence-electron chi connectivity index (χ2n) is 4.25. The lowest BCUT2D eigenvalue weighted by Gasteiger charge is -2.06. The summed E-state index contributed by atoms with van der Waals surface area (Å²) in [5, 5.41) is 15.5.